The summed E-state index contributed by atoms with van der Waals surface area (Å²) in [6.07, 6.45) is 4.24. The van der Waals surface area contributed by atoms with Gasteiger partial charge in [-0.3, -0.25) is 14.6 Å². The molecule has 3 fully saturated rings. The number of amides is 1. The Morgan fingerprint density at radius 1 is 1.07 bits per heavy atom. The summed E-state index contributed by atoms with van der Waals surface area (Å²) in [6, 6.07) is 6.91. The maximum Gasteiger partial charge on any atom is 0.238 e. The number of piperidine rings is 1. The number of likely N-dealkylation sites (tertiary alicyclic amines) is 1. The van der Waals surface area contributed by atoms with E-state index >= 15 is 0 Å². The van der Waals surface area contributed by atoms with E-state index in [2.05, 4.69) is 39.8 Å². The summed E-state index contributed by atoms with van der Waals surface area (Å²) >= 11 is 0. The summed E-state index contributed by atoms with van der Waals surface area (Å²) in [5, 5.41) is 0. The largest absolute Gasteiger partial charge is 0.379 e. The highest BCUT2D eigenvalue weighted by Crippen LogP contribution is 2.31. The van der Waals surface area contributed by atoms with E-state index in [1.807, 2.05) is 0 Å². The molecule has 3 aliphatic rings. The van der Waals surface area contributed by atoms with Crippen LogP contribution in [0.1, 0.15) is 36.8 Å². The minimum Gasteiger partial charge on any atom is -0.379 e. The fraction of sp³-hybridized carbons (Fsp3) is 0.682. The molecule has 1 aromatic carbocycles. The number of morpholine rings is 1. The Balaban J connectivity index is 1.38. The normalized spacial score (nSPS) is 23.8. The molecule has 3 aliphatic heterocycles. The molecule has 6 nitrogen and oxygen atoms in total. The van der Waals surface area contributed by atoms with Crippen molar-refractivity contribution in [3.8, 4) is 0 Å². The lowest BCUT2D eigenvalue weighted by molar-refractivity contribution is -0.138. The van der Waals surface area contributed by atoms with E-state index in [9.17, 15) is 4.79 Å². The summed E-state index contributed by atoms with van der Waals surface area (Å²) in [6.45, 7) is 10.4. The van der Waals surface area contributed by atoms with E-state index in [0.717, 1.165) is 45.6 Å². The second kappa shape index (κ2) is 8.39. The second-order valence-corrected chi connectivity index (χ2v) is 8.59. The van der Waals surface area contributed by atoms with Gasteiger partial charge in [0, 0.05) is 51.5 Å². The molecule has 0 bridgehead atoms. The average molecular weight is 387 g/mol. The standard InChI is InChI=1S/C22H34N4O2/c1-18-16-19(4-5-20(18)25-8-2-3-9-25)17-24-10-6-22(7-11-24,21(23)27)26-12-14-28-15-13-26/h4-5,16H,2-3,6-15,17H2,1H3,(H2,23,27). The Morgan fingerprint density at radius 2 is 1.75 bits per heavy atom. The van der Waals surface area contributed by atoms with Gasteiger partial charge in [0.15, 0.2) is 0 Å². The van der Waals surface area contributed by atoms with E-state index in [1.165, 1.54) is 42.7 Å². The fourth-order valence-electron chi connectivity index (χ4n) is 5.18. The molecule has 0 spiro atoms. The Hall–Kier alpha value is -1.63. The van der Waals surface area contributed by atoms with Gasteiger partial charge in [-0.05, 0) is 49.8 Å². The predicted octanol–water partition coefficient (Wildman–Crippen LogP) is 1.75. The lowest BCUT2D eigenvalue weighted by Gasteiger charge is -2.48. The zero-order valence-corrected chi connectivity index (χ0v) is 17.2. The smallest absolute Gasteiger partial charge is 0.238 e. The molecule has 0 aliphatic carbocycles. The summed E-state index contributed by atoms with van der Waals surface area (Å²) in [7, 11) is 0. The van der Waals surface area contributed by atoms with Crippen LogP contribution in [0.4, 0.5) is 5.69 Å². The van der Waals surface area contributed by atoms with Crippen LogP contribution in [0.5, 0.6) is 0 Å². The van der Waals surface area contributed by atoms with Crippen LogP contribution < -0.4 is 10.6 Å². The van der Waals surface area contributed by atoms with E-state index in [4.69, 9.17) is 10.5 Å². The Bertz CT molecular complexity index is 688. The first-order valence-electron chi connectivity index (χ1n) is 10.8. The van der Waals surface area contributed by atoms with E-state index in [-0.39, 0.29) is 5.91 Å². The molecule has 6 heteroatoms. The SMILES string of the molecule is Cc1cc(CN2CCC(C(N)=O)(N3CCOCC3)CC2)ccc1N1CCCC1. The first kappa shape index (κ1) is 19.7. The molecule has 3 saturated heterocycles. The number of ether oxygens (including phenoxy) is 1. The predicted molar refractivity (Wildman–Crippen MR) is 111 cm³/mol. The van der Waals surface area contributed by atoms with Crippen LogP contribution in [0.25, 0.3) is 0 Å². The van der Waals surface area contributed by atoms with E-state index < -0.39 is 5.54 Å². The summed E-state index contributed by atoms with van der Waals surface area (Å²) in [5.74, 6) is -0.167. The van der Waals surface area contributed by atoms with Crippen LogP contribution in [0.2, 0.25) is 0 Å². The number of primary amides is 1. The number of anilines is 1. The van der Waals surface area contributed by atoms with Crippen LogP contribution in [0, 0.1) is 6.92 Å². The highest BCUT2D eigenvalue weighted by Gasteiger charge is 2.45. The number of hydrogen-bond donors (Lipinski definition) is 1. The average Bonchev–Trinajstić information content (AvgIpc) is 3.24. The van der Waals surface area contributed by atoms with Crippen molar-refractivity contribution in [3.63, 3.8) is 0 Å². The van der Waals surface area contributed by atoms with Gasteiger partial charge >= 0.3 is 0 Å². The highest BCUT2D eigenvalue weighted by molar-refractivity contribution is 5.84. The topological polar surface area (TPSA) is 62.0 Å². The first-order valence-corrected chi connectivity index (χ1v) is 10.8. The first-order chi connectivity index (χ1) is 13.6. The second-order valence-electron chi connectivity index (χ2n) is 8.59. The Kier molecular flexibility index (Phi) is 5.90. The Labute approximate surface area is 168 Å². The number of benzene rings is 1. The van der Waals surface area contributed by atoms with Gasteiger partial charge in [0.05, 0.1) is 13.2 Å². The number of nitrogens with zero attached hydrogens (tertiary/aromatic N) is 3. The highest BCUT2D eigenvalue weighted by atomic mass is 16.5. The molecule has 0 radical (unpaired) electrons. The molecule has 0 unspecified atom stereocenters. The number of carbonyl (C=O) groups is 1. The van der Waals surface area contributed by atoms with Gasteiger partial charge in [-0.1, -0.05) is 12.1 Å². The van der Waals surface area contributed by atoms with Crippen molar-refractivity contribution in [2.24, 2.45) is 5.73 Å². The van der Waals surface area contributed by atoms with Gasteiger partial charge < -0.3 is 15.4 Å². The van der Waals surface area contributed by atoms with Gasteiger partial charge in [-0.2, -0.15) is 0 Å². The van der Waals surface area contributed by atoms with Crippen LogP contribution in [-0.4, -0.2) is 73.7 Å². The Morgan fingerprint density at radius 3 is 2.36 bits per heavy atom. The van der Waals surface area contributed by atoms with Crippen molar-refractivity contribution >= 4 is 11.6 Å². The third-order valence-corrected chi connectivity index (χ3v) is 6.87. The van der Waals surface area contributed by atoms with Gasteiger partial charge in [-0.15, -0.1) is 0 Å². The molecule has 0 atom stereocenters. The quantitative estimate of drug-likeness (QED) is 0.835. The van der Waals surface area contributed by atoms with Gasteiger partial charge in [-0.25, -0.2) is 0 Å². The molecule has 3 heterocycles. The van der Waals surface area contributed by atoms with Crippen LogP contribution in [0.3, 0.4) is 0 Å². The third-order valence-electron chi connectivity index (χ3n) is 6.87. The zero-order chi connectivity index (χ0) is 19.6. The molecule has 2 N–H and O–H groups in total. The van der Waals surface area contributed by atoms with Gasteiger partial charge in [0.1, 0.15) is 5.54 Å². The van der Waals surface area contributed by atoms with Crippen molar-refractivity contribution in [1.29, 1.82) is 0 Å². The molecule has 1 amide bonds. The third kappa shape index (κ3) is 3.91. The molecule has 0 aromatic heterocycles. The summed E-state index contributed by atoms with van der Waals surface area (Å²) in [5.41, 5.74) is 9.51. The minimum atomic E-state index is -0.490. The van der Waals surface area contributed by atoms with Crippen molar-refractivity contribution in [3.05, 3.63) is 29.3 Å². The lowest BCUT2D eigenvalue weighted by Crippen LogP contribution is -2.64. The van der Waals surface area contributed by atoms with Crippen LogP contribution in [-0.2, 0) is 16.1 Å². The maximum atomic E-state index is 12.4. The number of carbonyl (C=O) groups excluding carboxylic acids is 1. The summed E-state index contributed by atoms with van der Waals surface area (Å²) in [4.78, 5) is 19.6. The zero-order valence-electron chi connectivity index (χ0n) is 17.2. The fourth-order valence-corrected chi connectivity index (χ4v) is 5.18. The number of aryl methyl sites for hydroxylation is 1. The molecule has 28 heavy (non-hydrogen) atoms. The molecule has 4 rings (SSSR count). The van der Waals surface area contributed by atoms with Gasteiger partial charge in [0.2, 0.25) is 5.91 Å². The van der Waals surface area contributed by atoms with Crippen molar-refractivity contribution < 1.29 is 9.53 Å². The molecule has 154 valence electrons. The lowest BCUT2D eigenvalue weighted by atomic mass is 9.84. The van der Waals surface area contributed by atoms with E-state index in [1.54, 1.807) is 0 Å². The van der Waals surface area contributed by atoms with Crippen molar-refractivity contribution in [2.45, 2.75) is 44.7 Å². The maximum absolute atomic E-state index is 12.4. The number of rotatable bonds is 5. The molecule has 0 saturated carbocycles. The van der Waals surface area contributed by atoms with Gasteiger partial charge in [0.25, 0.3) is 0 Å². The number of hydrogen-bond acceptors (Lipinski definition) is 5. The minimum absolute atomic E-state index is 0.167. The molecule has 1 aromatic rings. The van der Waals surface area contributed by atoms with Crippen molar-refractivity contribution in [2.75, 3.05) is 57.4 Å². The number of nitrogens with two attached hydrogens (primary N) is 1. The van der Waals surface area contributed by atoms with Crippen LogP contribution in [0.15, 0.2) is 18.2 Å². The van der Waals surface area contributed by atoms with Crippen molar-refractivity contribution in [1.82, 2.24) is 9.80 Å². The van der Waals surface area contributed by atoms with E-state index in [0.29, 0.717) is 13.2 Å². The molecular formula is C22H34N4O2. The van der Waals surface area contributed by atoms with Crippen LogP contribution >= 0.6 is 0 Å². The monoisotopic (exact) mass is 386 g/mol. The summed E-state index contributed by atoms with van der Waals surface area (Å²) < 4.78 is 5.47. The molecular weight excluding hydrogens is 352 g/mol.